The standard InChI is InChI=1S/C8H17NO2/c1-4-5-6-9-8(10)7(2)11-3/h7H,4-6H2,1-3H3,(H,9,10). The highest BCUT2D eigenvalue weighted by Gasteiger charge is 2.08. The van der Waals surface area contributed by atoms with Crippen molar-refractivity contribution in [3.05, 3.63) is 0 Å². The van der Waals surface area contributed by atoms with Crippen molar-refractivity contribution in [2.45, 2.75) is 32.8 Å². The van der Waals surface area contributed by atoms with E-state index in [4.69, 9.17) is 4.74 Å². The van der Waals surface area contributed by atoms with Crippen molar-refractivity contribution in [2.75, 3.05) is 13.7 Å². The number of carbonyl (C=O) groups is 1. The fourth-order valence-corrected chi connectivity index (χ4v) is 0.639. The molecule has 3 nitrogen and oxygen atoms in total. The van der Waals surface area contributed by atoms with Crippen molar-refractivity contribution in [1.82, 2.24) is 5.32 Å². The Morgan fingerprint density at radius 3 is 2.73 bits per heavy atom. The Hall–Kier alpha value is -0.570. The van der Waals surface area contributed by atoms with E-state index in [1.807, 2.05) is 0 Å². The molecule has 0 aliphatic carbocycles. The van der Waals surface area contributed by atoms with E-state index < -0.39 is 0 Å². The zero-order valence-corrected chi connectivity index (χ0v) is 7.52. The predicted octanol–water partition coefficient (Wildman–Crippen LogP) is 0.938. The predicted molar refractivity (Wildman–Crippen MR) is 44.4 cm³/mol. The largest absolute Gasteiger partial charge is 0.372 e. The zero-order valence-electron chi connectivity index (χ0n) is 7.52. The molecule has 0 aromatic carbocycles. The summed E-state index contributed by atoms with van der Waals surface area (Å²) in [6.45, 7) is 4.58. The summed E-state index contributed by atoms with van der Waals surface area (Å²) in [5.74, 6) is -0.0269. The van der Waals surface area contributed by atoms with Crippen LogP contribution in [0.5, 0.6) is 0 Å². The average Bonchev–Trinajstić information content (AvgIpc) is 2.03. The summed E-state index contributed by atoms with van der Waals surface area (Å²) in [5.41, 5.74) is 0. The summed E-state index contributed by atoms with van der Waals surface area (Å²) in [4.78, 5) is 11.0. The normalized spacial score (nSPS) is 12.6. The van der Waals surface area contributed by atoms with Crippen LogP contribution in [-0.4, -0.2) is 25.7 Å². The minimum Gasteiger partial charge on any atom is -0.372 e. The molecule has 66 valence electrons. The summed E-state index contributed by atoms with van der Waals surface area (Å²) in [7, 11) is 1.53. The number of ether oxygens (including phenoxy) is 1. The highest BCUT2D eigenvalue weighted by atomic mass is 16.5. The molecule has 0 saturated heterocycles. The number of amides is 1. The molecule has 0 spiro atoms. The van der Waals surface area contributed by atoms with Crippen molar-refractivity contribution in [1.29, 1.82) is 0 Å². The molecule has 0 radical (unpaired) electrons. The Labute approximate surface area is 68.1 Å². The van der Waals surface area contributed by atoms with Gasteiger partial charge in [-0.25, -0.2) is 0 Å². The fourth-order valence-electron chi connectivity index (χ4n) is 0.639. The number of nitrogens with one attached hydrogen (secondary N) is 1. The highest BCUT2D eigenvalue weighted by Crippen LogP contribution is 1.88. The van der Waals surface area contributed by atoms with E-state index in [1.165, 1.54) is 7.11 Å². The topological polar surface area (TPSA) is 38.3 Å². The Balaban J connectivity index is 3.36. The quantitative estimate of drug-likeness (QED) is 0.606. The van der Waals surface area contributed by atoms with Gasteiger partial charge in [0.2, 0.25) is 5.91 Å². The van der Waals surface area contributed by atoms with Crippen molar-refractivity contribution in [2.24, 2.45) is 0 Å². The molecule has 0 bridgehead atoms. The van der Waals surface area contributed by atoms with Crippen molar-refractivity contribution in [3.63, 3.8) is 0 Å². The molecule has 1 N–H and O–H groups in total. The van der Waals surface area contributed by atoms with Gasteiger partial charge in [-0.3, -0.25) is 4.79 Å². The summed E-state index contributed by atoms with van der Waals surface area (Å²) >= 11 is 0. The minimum atomic E-state index is -0.327. The summed E-state index contributed by atoms with van der Waals surface area (Å²) in [6, 6.07) is 0. The first-order chi connectivity index (χ1) is 5.22. The number of rotatable bonds is 5. The van der Waals surface area contributed by atoms with Crippen LogP contribution in [0.3, 0.4) is 0 Å². The molecule has 0 aromatic rings. The molecule has 1 amide bonds. The van der Waals surface area contributed by atoms with Gasteiger partial charge in [0.25, 0.3) is 0 Å². The van der Waals surface area contributed by atoms with E-state index in [2.05, 4.69) is 12.2 Å². The van der Waals surface area contributed by atoms with Gasteiger partial charge in [-0.1, -0.05) is 13.3 Å². The van der Waals surface area contributed by atoms with Crippen LogP contribution in [0.2, 0.25) is 0 Å². The maximum absolute atomic E-state index is 11.0. The van der Waals surface area contributed by atoms with Gasteiger partial charge in [0.05, 0.1) is 0 Å². The van der Waals surface area contributed by atoms with Gasteiger partial charge in [-0.05, 0) is 13.3 Å². The third-order valence-electron chi connectivity index (χ3n) is 1.55. The molecule has 1 atom stereocenters. The Morgan fingerprint density at radius 1 is 1.64 bits per heavy atom. The lowest BCUT2D eigenvalue weighted by atomic mass is 10.3. The maximum Gasteiger partial charge on any atom is 0.248 e. The van der Waals surface area contributed by atoms with E-state index in [0.29, 0.717) is 0 Å². The van der Waals surface area contributed by atoms with E-state index >= 15 is 0 Å². The van der Waals surface area contributed by atoms with Crippen LogP contribution < -0.4 is 5.32 Å². The smallest absolute Gasteiger partial charge is 0.248 e. The molecule has 0 heterocycles. The Kier molecular flexibility index (Phi) is 5.84. The van der Waals surface area contributed by atoms with Crippen LogP contribution in [0.4, 0.5) is 0 Å². The lowest BCUT2D eigenvalue weighted by molar-refractivity contribution is -0.130. The van der Waals surface area contributed by atoms with Gasteiger partial charge in [-0.15, -0.1) is 0 Å². The van der Waals surface area contributed by atoms with Gasteiger partial charge in [0.1, 0.15) is 6.10 Å². The van der Waals surface area contributed by atoms with Crippen LogP contribution in [0.1, 0.15) is 26.7 Å². The molecule has 0 aliphatic rings. The fraction of sp³-hybridized carbons (Fsp3) is 0.875. The maximum atomic E-state index is 11.0. The van der Waals surface area contributed by atoms with Crippen molar-refractivity contribution < 1.29 is 9.53 Å². The lowest BCUT2D eigenvalue weighted by Crippen LogP contribution is -2.34. The molecule has 3 heteroatoms. The van der Waals surface area contributed by atoms with Crippen LogP contribution >= 0.6 is 0 Å². The summed E-state index contributed by atoms with van der Waals surface area (Å²) in [6.07, 6.45) is 1.80. The monoisotopic (exact) mass is 159 g/mol. The second kappa shape index (κ2) is 6.16. The van der Waals surface area contributed by atoms with Crippen LogP contribution in [0.25, 0.3) is 0 Å². The number of hydrogen-bond acceptors (Lipinski definition) is 2. The van der Waals surface area contributed by atoms with Gasteiger partial charge in [0, 0.05) is 13.7 Å². The van der Waals surface area contributed by atoms with E-state index in [-0.39, 0.29) is 12.0 Å². The molecule has 0 aromatic heterocycles. The second-order valence-electron chi connectivity index (χ2n) is 2.52. The van der Waals surface area contributed by atoms with Crippen LogP contribution in [-0.2, 0) is 9.53 Å². The third kappa shape index (κ3) is 4.79. The summed E-state index contributed by atoms with van der Waals surface area (Å²) < 4.78 is 4.83. The first-order valence-electron chi connectivity index (χ1n) is 4.02. The third-order valence-corrected chi connectivity index (χ3v) is 1.55. The van der Waals surface area contributed by atoms with Crippen LogP contribution in [0, 0.1) is 0 Å². The molecular weight excluding hydrogens is 142 g/mol. The molecule has 0 fully saturated rings. The van der Waals surface area contributed by atoms with E-state index in [1.54, 1.807) is 6.92 Å². The number of methoxy groups -OCH3 is 1. The molecule has 0 saturated carbocycles. The van der Waals surface area contributed by atoms with Crippen molar-refractivity contribution >= 4 is 5.91 Å². The first-order valence-corrected chi connectivity index (χ1v) is 4.02. The number of unbranched alkanes of at least 4 members (excludes halogenated alkanes) is 1. The number of hydrogen-bond donors (Lipinski definition) is 1. The minimum absolute atomic E-state index is 0.0269. The molecular formula is C8H17NO2. The van der Waals surface area contributed by atoms with Crippen molar-refractivity contribution in [3.8, 4) is 0 Å². The molecule has 0 rings (SSSR count). The highest BCUT2D eigenvalue weighted by molar-refractivity contribution is 5.80. The lowest BCUT2D eigenvalue weighted by Gasteiger charge is -2.09. The van der Waals surface area contributed by atoms with Gasteiger partial charge >= 0.3 is 0 Å². The zero-order chi connectivity index (χ0) is 8.69. The van der Waals surface area contributed by atoms with E-state index in [0.717, 1.165) is 19.4 Å². The average molecular weight is 159 g/mol. The Morgan fingerprint density at radius 2 is 2.27 bits per heavy atom. The van der Waals surface area contributed by atoms with Gasteiger partial charge in [0.15, 0.2) is 0 Å². The molecule has 0 aliphatic heterocycles. The molecule has 11 heavy (non-hydrogen) atoms. The van der Waals surface area contributed by atoms with Gasteiger partial charge in [-0.2, -0.15) is 0 Å². The van der Waals surface area contributed by atoms with Gasteiger partial charge < -0.3 is 10.1 Å². The number of carbonyl (C=O) groups excluding carboxylic acids is 1. The van der Waals surface area contributed by atoms with Crippen LogP contribution in [0.15, 0.2) is 0 Å². The molecule has 1 unspecified atom stereocenters. The SMILES string of the molecule is CCCCNC(=O)C(C)OC. The Bertz CT molecular complexity index is 115. The first kappa shape index (κ1) is 10.4. The van der Waals surface area contributed by atoms with E-state index in [9.17, 15) is 4.79 Å². The second-order valence-corrected chi connectivity index (χ2v) is 2.52. The summed E-state index contributed by atoms with van der Waals surface area (Å²) in [5, 5.41) is 2.77.